The molecule has 0 spiro atoms. The van der Waals surface area contributed by atoms with Crippen molar-refractivity contribution in [2.45, 2.75) is 19.3 Å². The van der Waals surface area contributed by atoms with Crippen LogP contribution < -0.4 is 20.3 Å². The van der Waals surface area contributed by atoms with Crippen molar-refractivity contribution in [1.82, 2.24) is 19.2 Å². The Kier molecular flexibility index (Phi) is 6.60. The number of rotatable bonds is 8. The maximum atomic E-state index is 12.8. The molecule has 0 aliphatic rings. The zero-order valence-corrected chi connectivity index (χ0v) is 18.9. The third-order valence-corrected chi connectivity index (χ3v) is 5.34. The van der Waals surface area contributed by atoms with Crippen LogP contribution in [0, 0.1) is 0 Å². The topological polar surface area (TPSA) is 99.8 Å². The molecule has 1 amide bonds. The molecule has 0 saturated carbocycles. The van der Waals surface area contributed by atoms with Crippen LogP contribution in [0.4, 0.5) is 5.69 Å². The lowest BCUT2D eigenvalue weighted by Crippen LogP contribution is -2.20. The van der Waals surface area contributed by atoms with Gasteiger partial charge in [-0.3, -0.25) is 18.6 Å². The number of nitrogens with one attached hydrogen (secondary N) is 1. The van der Waals surface area contributed by atoms with Gasteiger partial charge in [0.25, 0.3) is 0 Å². The van der Waals surface area contributed by atoms with E-state index < -0.39 is 0 Å². The van der Waals surface area contributed by atoms with Gasteiger partial charge >= 0.3 is 5.56 Å². The van der Waals surface area contributed by atoms with Gasteiger partial charge in [-0.2, -0.15) is 0 Å². The molecule has 2 aromatic carbocycles. The fourth-order valence-electron chi connectivity index (χ4n) is 3.42. The summed E-state index contributed by atoms with van der Waals surface area (Å²) in [5.41, 5.74) is 1.20. The van der Waals surface area contributed by atoms with Crippen LogP contribution in [0.15, 0.2) is 59.7 Å². The SMILES string of the molecule is COc1cc(NC(=O)CCCc2nnc3c(=O)n(-c4ccc(Cl)cc4)ccn23)cc(OC)c1. The van der Waals surface area contributed by atoms with E-state index in [2.05, 4.69) is 15.5 Å². The maximum absolute atomic E-state index is 12.8. The first-order valence-corrected chi connectivity index (χ1v) is 10.6. The number of anilines is 1. The first kappa shape index (κ1) is 22.3. The van der Waals surface area contributed by atoms with E-state index in [0.29, 0.717) is 46.6 Å². The minimum atomic E-state index is -0.289. The largest absolute Gasteiger partial charge is 0.497 e. The van der Waals surface area contributed by atoms with Gasteiger partial charge in [0, 0.05) is 59.8 Å². The van der Waals surface area contributed by atoms with Gasteiger partial charge in [0.05, 0.1) is 14.2 Å². The minimum absolute atomic E-state index is 0.149. The van der Waals surface area contributed by atoms with Crippen LogP contribution in [-0.4, -0.2) is 39.3 Å². The number of methoxy groups -OCH3 is 2. The van der Waals surface area contributed by atoms with E-state index in [1.165, 1.54) is 4.57 Å². The van der Waals surface area contributed by atoms with Crippen LogP contribution >= 0.6 is 11.6 Å². The first-order chi connectivity index (χ1) is 16.0. The third kappa shape index (κ3) is 4.98. The number of hydrogen-bond acceptors (Lipinski definition) is 6. The molecule has 0 aliphatic heterocycles. The molecule has 4 rings (SSSR count). The highest BCUT2D eigenvalue weighted by Crippen LogP contribution is 2.26. The standard InChI is InChI=1S/C23H22ClN5O4/c1-32-18-12-16(13-19(14-18)33-2)25-21(30)5-3-4-20-26-27-22-23(31)28(10-11-29(20)22)17-8-6-15(24)7-9-17/h6-14H,3-5H2,1-2H3,(H,25,30). The van der Waals surface area contributed by atoms with Gasteiger partial charge in [-0.05, 0) is 30.7 Å². The molecule has 0 fully saturated rings. The highest BCUT2D eigenvalue weighted by Gasteiger charge is 2.13. The Hall–Kier alpha value is -3.85. The quantitative estimate of drug-likeness (QED) is 0.425. The lowest BCUT2D eigenvalue weighted by Gasteiger charge is -2.10. The number of carbonyl (C=O) groups is 1. The average molecular weight is 468 g/mol. The molecular weight excluding hydrogens is 446 g/mol. The smallest absolute Gasteiger partial charge is 0.300 e. The van der Waals surface area contributed by atoms with E-state index in [-0.39, 0.29) is 23.5 Å². The van der Waals surface area contributed by atoms with Crippen LogP contribution in [0.25, 0.3) is 11.3 Å². The zero-order valence-electron chi connectivity index (χ0n) is 18.1. The minimum Gasteiger partial charge on any atom is -0.497 e. The van der Waals surface area contributed by atoms with Crippen molar-refractivity contribution in [1.29, 1.82) is 0 Å². The van der Waals surface area contributed by atoms with E-state index >= 15 is 0 Å². The summed E-state index contributed by atoms with van der Waals surface area (Å²) < 4.78 is 13.6. The molecule has 2 heterocycles. The second kappa shape index (κ2) is 9.74. The summed E-state index contributed by atoms with van der Waals surface area (Å²) in [6.45, 7) is 0. The van der Waals surface area contributed by atoms with Crippen molar-refractivity contribution in [3.8, 4) is 17.2 Å². The second-order valence-electron chi connectivity index (χ2n) is 7.26. The van der Waals surface area contributed by atoms with Crippen LogP contribution in [0.5, 0.6) is 11.5 Å². The lowest BCUT2D eigenvalue weighted by molar-refractivity contribution is -0.116. The Morgan fingerprint density at radius 2 is 1.73 bits per heavy atom. The molecule has 2 aromatic heterocycles. The number of fused-ring (bicyclic) bond motifs is 1. The second-order valence-corrected chi connectivity index (χ2v) is 7.70. The van der Waals surface area contributed by atoms with Crippen molar-refractivity contribution >= 4 is 28.8 Å². The van der Waals surface area contributed by atoms with Gasteiger partial charge < -0.3 is 14.8 Å². The van der Waals surface area contributed by atoms with E-state index in [1.54, 1.807) is 73.5 Å². The number of amides is 1. The number of aryl methyl sites for hydroxylation is 1. The predicted molar refractivity (Wildman–Crippen MR) is 125 cm³/mol. The van der Waals surface area contributed by atoms with Crippen molar-refractivity contribution in [3.63, 3.8) is 0 Å². The van der Waals surface area contributed by atoms with Gasteiger partial charge in [-0.25, -0.2) is 0 Å². The van der Waals surface area contributed by atoms with Gasteiger partial charge in [0.15, 0.2) is 0 Å². The Labute approximate surface area is 194 Å². The lowest BCUT2D eigenvalue weighted by atomic mass is 10.2. The molecule has 0 radical (unpaired) electrons. The fraction of sp³-hybridized carbons (Fsp3) is 0.217. The molecule has 4 aromatic rings. The van der Waals surface area contributed by atoms with Crippen molar-refractivity contribution in [2.75, 3.05) is 19.5 Å². The van der Waals surface area contributed by atoms with E-state index in [0.717, 1.165) is 0 Å². The molecule has 0 aliphatic carbocycles. The number of nitrogens with zero attached hydrogens (tertiary/aromatic N) is 4. The van der Waals surface area contributed by atoms with Crippen molar-refractivity contribution in [2.24, 2.45) is 0 Å². The fourth-order valence-corrected chi connectivity index (χ4v) is 3.55. The summed E-state index contributed by atoms with van der Waals surface area (Å²) in [6, 6.07) is 12.1. The summed E-state index contributed by atoms with van der Waals surface area (Å²) >= 11 is 5.93. The normalized spacial score (nSPS) is 10.9. The Morgan fingerprint density at radius 3 is 2.39 bits per heavy atom. The van der Waals surface area contributed by atoms with Gasteiger partial charge in [-0.1, -0.05) is 11.6 Å². The predicted octanol–water partition coefficient (Wildman–Crippen LogP) is 3.51. The van der Waals surface area contributed by atoms with Crippen LogP contribution in [0.2, 0.25) is 5.02 Å². The third-order valence-electron chi connectivity index (χ3n) is 5.09. The molecule has 0 unspecified atom stereocenters. The first-order valence-electron chi connectivity index (χ1n) is 10.2. The van der Waals surface area contributed by atoms with Crippen molar-refractivity contribution < 1.29 is 14.3 Å². The molecule has 1 N–H and O–H groups in total. The zero-order chi connectivity index (χ0) is 23.4. The van der Waals surface area contributed by atoms with Crippen LogP contribution in [-0.2, 0) is 11.2 Å². The summed E-state index contributed by atoms with van der Waals surface area (Å²) in [5.74, 6) is 1.64. The number of halogens is 1. The van der Waals surface area contributed by atoms with Crippen molar-refractivity contribution in [3.05, 3.63) is 76.1 Å². The number of benzene rings is 2. The monoisotopic (exact) mass is 467 g/mol. The van der Waals surface area contributed by atoms with E-state index in [1.807, 2.05) is 0 Å². The molecule has 0 atom stereocenters. The molecule has 10 heteroatoms. The summed E-state index contributed by atoms with van der Waals surface area (Å²) in [7, 11) is 3.10. The molecular formula is C23H22ClN5O4. The average Bonchev–Trinajstić information content (AvgIpc) is 3.23. The van der Waals surface area contributed by atoms with Gasteiger partial charge in [0.1, 0.15) is 17.3 Å². The van der Waals surface area contributed by atoms with E-state index in [9.17, 15) is 9.59 Å². The highest BCUT2D eigenvalue weighted by atomic mass is 35.5. The summed E-state index contributed by atoms with van der Waals surface area (Å²) in [6.07, 6.45) is 4.70. The number of ether oxygens (including phenoxy) is 2. The molecule has 0 saturated heterocycles. The molecule has 170 valence electrons. The highest BCUT2D eigenvalue weighted by molar-refractivity contribution is 6.30. The van der Waals surface area contributed by atoms with Gasteiger partial charge in [-0.15, -0.1) is 10.2 Å². The number of hydrogen-bond donors (Lipinski definition) is 1. The van der Waals surface area contributed by atoms with Gasteiger partial charge in [0.2, 0.25) is 11.6 Å². The van der Waals surface area contributed by atoms with Crippen LogP contribution in [0.1, 0.15) is 18.7 Å². The number of carbonyl (C=O) groups excluding carboxylic acids is 1. The Morgan fingerprint density at radius 1 is 1.03 bits per heavy atom. The molecule has 9 nitrogen and oxygen atoms in total. The van der Waals surface area contributed by atoms with E-state index in [4.69, 9.17) is 21.1 Å². The maximum Gasteiger partial charge on any atom is 0.300 e. The Bertz CT molecular complexity index is 1330. The summed E-state index contributed by atoms with van der Waals surface area (Å²) in [4.78, 5) is 25.2. The Balaban J connectivity index is 1.42. The molecule has 0 bridgehead atoms. The molecule has 33 heavy (non-hydrogen) atoms. The summed E-state index contributed by atoms with van der Waals surface area (Å²) in [5, 5.41) is 11.6. The number of aromatic nitrogens is 4. The van der Waals surface area contributed by atoms with Crippen LogP contribution in [0.3, 0.4) is 0 Å².